The minimum absolute atomic E-state index is 0.720. The van der Waals surface area contributed by atoms with Crippen molar-refractivity contribution in [1.29, 1.82) is 0 Å². The van der Waals surface area contributed by atoms with Gasteiger partial charge < -0.3 is 5.73 Å². The van der Waals surface area contributed by atoms with Crippen LogP contribution in [0.4, 0.5) is 5.82 Å². The molecule has 0 aliphatic heterocycles. The van der Waals surface area contributed by atoms with E-state index in [9.17, 15) is 0 Å². The van der Waals surface area contributed by atoms with Gasteiger partial charge in [0.15, 0.2) is 0 Å². The zero-order chi connectivity index (χ0) is 13.9. The first-order valence-electron chi connectivity index (χ1n) is 8.48. The molecular weight excluding hydrogens is 246 g/mol. The SMILES string of the molecule is CCCc1nn(C)c(N)c1C1C2CC3CC(C2)CC1C3. The van der Waals surface area contributed by atoms with Crippen LogP contribution in [0.5, 0.6) is 0 Å². The van der Waals surface area contributed by atoms with Crippen LogP contribution in [0.15, 0.2) is 0 Å². The fourth-order valence-corrected chi connectivity index (χ4v) is 5.79. The van der Waals surface area contributed by atoms with Gasteiger partial charge in [0.2, 0.25) is 0 Å². The van der Waals surface area contributed by atoms with Gasteiger partial charge in [-0.25, -0.2) is 0 Å². The van der Waals surface area contributed by atoms with E-state index in [0.29, 0.717) is 0 Å². The van der Waals surface area contributed by atoms with Crippen LogP contribution in [0, 0.1) is 23.7 Å². The van der Waals surface area contributed by atoms with Crippen molar-refractivity contribution in [3.05, 3.63) is 11.3 Å². The summed E-state index contributed by atoms with van der Waals surface area (Å²) in [4.78, 5) is 0. The molecule has 4 bridgehead atoms. The predicted octanol–water partition coefficient (Wildman–Crippen LogP) is 3.49. The first kappa shape index (κ1) is 12.7. The van der Waals surface area contributed by atoms with Crippen molar-refractivity contribution in [2.75, 3.05) is 5.73 Å². The molecule has 4 aliphatic carbocycles. The van der Waals surface area contributed by atoms with Crippen molar-refractivity contribution in [1.82, 2.24) is 9.78 Å². The Morgan fingerprint density at radius 2 is 1.70 bits per heavy atom. The molecule has 1 heterocycles. The van der Waals surface area contributed by atoms with Crippen molar-refractivity contribution in [2.24, 2.45) is 30.7 Å². The van der Waals surface area contributed by atoms with E-state index < -0.39 is 0 Å². The van der Waals surface area contributed by atoms with Gasteiger partial charge in [0.05, 0.1) is 5.69 Å². The number of nitrogens with zero attached hydrogens (tertiary/aromatic N) is 2. The normalized spacial score (nSPS) is 38.6. The highest BCUT2D eigenvalue weighted by Gasteiger charge is 2.50. The summed E-state index contributed by atoms with van der Waals surface area (Å²) in [5, 5.41) is 4.72. The van der Waals surface area contributed by atoms with Gasteiger partial charge in [-0.1, -0.05) is 13.3 Å². The highest BCUT2D eigenvalue weighted by atomic mass is 15.3. The third kappa shape index (κ3) is 1.74. The lowest BCUT2D eigenvalue weighted by molar-refractivity contribution is -0.00283. The molecule has 2 N–H and O–H groups in total. The number of hydrogen-bond acceptors (Lipinski definition) is 2. The van der Waals surface area contributed by atoms with E-state index >= 15 is 0 Å². The lowest BCUT2D eigenvalue weighted by Gasteiger charge is -2.54. The Balaban J connectivity index is 1.74. The molecule has 0 unspecified atom stereocenters. The molecule has 0 amide bonds. The van der Waals surface area contributed by atoms with Crippen LogP contribution >= 0.6 is 0 Å². The largest absolute Gasteiger partial charge is 0.384 e. The maximum absolute atomic E-state index is 6.41. The van der Waals surface area contributed by atoms with Crippen LogP contribution in [0.25, 0.3) is 0 Å². The summed E-state index contributed by atoms with van der Waals surface area (Å²) < 4.78 is 1.92. The molecule has 0 spiro atoms. The summed E-state index contributed by atoms with van der Waals surface area (Å²) in [6, 6.07) is 0. The first-order valence-corrected chi connectivity index (χ1v) is 8.48. The summed E-state index contributed by atoms with van der Waals surface area (Å²) in [5.41, 5.74) is 9.16. The Labute approximate surface area is 121 Å². The Morgan fingerprint density at radius 1 is 1.10 bits per heavy atom. The molecule has 110 valence electrons. The number of anilines is 1. The van der Waals surface area contributed by atoms with Gasteiger partial charge in [-0.2, -0.15) is 5.10 Å². The molecule has 5 rings (SSSR count). The van der Waals surface area contributed by atoms with Gasteiger partial charge >= 0.3 is 0 Å². The molecule has 0 saturated heterocycles. The minimum Gasteiger partial charge on any atom is -0.384 e. The van der Waals surface area contributed by atoms with Crippen LogP contribution in [0.1, 0.15) is 62.6 Å². The second-order valence-corrected chi connectivity index (χ2v) is 7.58. The lowest BCUT2D eigenvalue weighted by atomic mass is 9.50. The molecule has 0 aromatic carbocycles. The van der Waals surface area contributed by atoms with Crippen molar-refractivity contribution in [2.45, 2.75) is 57.8 Å². The van der Waals surface area contributed by atoms with Gasteiger partial charge in [-0.15, -0.1) is 0 Å². The Hall–Kier alpha value is -0.990. The maximum atomic E-state index is 6.41. The van der Waals surface area contributed by atoms with Crippen molar-refractivity contribution in [3.63, 3.8) is 0 Å². The Morgan fingerprint density at radius 3 is 2.25 bits per heavy atom. The lowest BCUT2D eigenvalue weighted by Crippen LogP contribution is -2.44. The smallest absolute Gasteiger partial charge is 0.125 e. The van der Waals surface area contributed by atoms with Crippen LogP contribution < -0.4 is 5.73 Å². The number of nitrogens with two attached hydrogens (primary N) is 1. The average Bonchev–Trinajstić information content (AvgIpc) is 2.66. The average molecular weight is 273 g/mol. The second-order valence-electron chi connectivity index (χ2n) is 7.58. The van der Waals surface area contributed by atoms with Gasteiger partial charge in [0, 0.05) is 12.6 Å². The number of rotatable bonds is 3. The summed E-state index contributed by atoms with van der Waals surface area (Å²) in [7, 11) is 2.01. The van der Waals surface area contributed by atoms with E-state index in [-0.39, 0.29) is 0 Å². The van der Waals surface area contributed by atoms with Gasteiger partial charge in [-0.05, 0) is 68.1 Å². The minimum atomic E-state index is 0.720. The molecule has 0 atom stereocenters. The molecule has 3 nitrogen and oxygen atoms in total. The van der Waals surface area contributed by atoms with E-state index in [1.165, 1.54) is 43.4 Å². The fraction of sp³-hybridized carbons (Fsp3) is 0.824. The van der Waals surface area contributed by atoms with Crippen molar-refractivity contribution < 1.29 is 0 Å². The second kappa shape index (κ2) is 4.51. The third-order valence-corrected chi connectivity index (χ3v) is 6.25. The van der Waals surface area contributed by atoms with Crippen molar-refractivity contribution >= 4 is 5.82 Å². The number of hydrogen-bond donors (Lipinski definition) is 1. The number of aromatic nitrogens is 2. The van der Waals surface area contributed by atoms with Crippen LogP contribution in [-0.4, -0.2) is 9.78 Å². The number of aryl methyl sites for hydroxylation is 2. The van der Waals surface area contributed by atoms with Crippen LogP contribution in [-0.2, 0) is 13.5 Å². The standard InChI is InChI=1S/C17H27N3/c1-3-4-14-16(17(18)20(2)19-14)15-12-6-10-5-11(8-12)9-13(15)7-10/h10-13,15H,3-9,18H2,1-2H3. The van der Waals surface area contributed by atoms with Gasteiger partial charge in [-0.3, -0.25) is 4.68 Å². The molecule has 3 heteroatoms. The highest BCUT2D eigenvalue weighted by Crippen LogP contribution is 2.60. The Bertz CT molecular complexity index is 489. The third-order valence-electron chi connectivity index (χ3n) is 6.25. The summed E-state index contributed by atoms with van der Waals surface area (Å²) in [6.45, 7) is 2.24. The van der Waals surface area contributed by atoms with E-state index in [2.05, 4.69) is 6.92 Å². The quantitative estimate of drug-likeness (QED) is 0.916. The van der Waals surface area contributed by atoms with Crippen LogP contribution in [0.3, 0.4) is 0 Å². The monoisotopic (exact) mass is 273 g/mol. The zero-order valence-corrected chi connectivity index (χ0v) is 12.8. The highest BCUT2D eigenvalue weighted by molar-refractivity contribution is 5.47. The maximum Gasteiger partial charge on any atom is 0.125 e. The van der Waals surface area contributed by atoms with E-state index in [1.54, 1.807) is 0 Å². The molecule has 1 aromatic heterocycles. The van der Waals surface area contributed by atoms with Gasteiger partial charge in [0.1, 0.15) is 5.82 Å². The topological polar surface area (TPSA) is 43.8 Å². The zero-order valence-electron chi connectivity index (χ0n) is 12.8. The van der Waals surface area contributed by atoms with Crippen LogP contribution in [0.2, 0.25) is 0 Å². The molecular formula is C17H27N3. The van der Waals surface area contributed by atoms with Crippen molar-refractivity contribution in [3.8, 4) is 0 Å². The van der Waals surface area contributed by atoms with Gasteiger partial charge in [0.25, 0.3) is 0 Å². The Kier molecular flexibility index (Phi) is 2.87. The number of nitrogen functional groups attached to an aromatic ring is 1. The summed E-state index contributed by atoms with van der Waals surface area (Å²) in [5.74, 6) is 5.52. The molecule has 20 heavy (non-hydrogen) atoms. The van der Waals surface area contributed by atoms with E-state index in [0.717, 1.165) is 48.2 Å². The molecule has 1 aromatic rings. The molecule has 4 aliphatic rings. The molecule has 4 fully saturated rings. The summed E-state index contributed by atoms with van der Waals surface area (Å²) in [6.07, 6.45) is 9.59. The first-order chi connectivity index (χ1) is 9.67. The summed E-state index contributed by atoms with van der Waals surface area (Å²) >= 11 is 0. The molecule has 0 radical (unpaired) electrons. The fourth-order valence-electron chi connectivity index (χ4n) is 5.79. The van der Waals surface area contributed by atoms with E-state index in [1.807, 2.05) is 11.7 Å². The predicted molar refractivity (Wildman–Crippen MR) is 81.4 cm³/mol. The van der Waals surface area contributed by atoms with E-state index in [4.69, 9.17) is 10.8 Å². The molecule has 4 saturated carbocycles.